The first-order valence-electron chi connectivity index (χ1n) is 4.03. The van der Waals surface area contributed by atoms with Gasteiger partial charge in [0.05, 0.1) is 6.21 Å². The van der Waals surface area contributed by atoms with E-state index in [2.05, 4.69) is 15.3 Å². The molecule has 5 heteroatoms. The molecule has 14 heavy (non-hydrogen) atoms. The Labute approximate surface area is 80.3 Å². The van der Waals surface area contributed by atoms with Gasteiger partial charge in [-0.3, -0.25) is 0 Å². The molecule has 70 valence electrons. The third-order valence-corrected chi connectivity index (χ3v) is 1.67. The van der Waals surface area contributed by atoms with E-state index < -0.39 is 0 Å². The van der Waals surface area contributed by atoms with Crippen molar-refractivity contribution in [3.8, 4) is 5.75 Å². The molecule has 2 rings (SSSR count). The van der Waals surface area contributed by atoms with Crippen LogP contribution < -0.4 is 0 Å². The van der Waals surface area contributed by atoms with Crippen LogP contribution in [0.3, 0.4) is 0 Å². The maximum absolute atomic E-state index is 9.41. The van der Waals surface area contributed by atoms with E-state index in [1.54, 1.807) is 24.4 Å². The van der Waals surface area contributed by atoms with Gasteiger partial charge in [-0.15, -0.1) is 10.2 Å². The number of hydrogen-bond donors (Lipinski definition) is 1. The topological polar surface area (TPSA) is 63.3 Å². The van der Waals surface area contributed by atoms with Gasteiger partial charge in [-0.05, 0) is 12.1 Å². The second kappa shape index (κ2) is 3.69. The fourth-order valence-electron chi connectivity index (χ4n) is 0.980. The van der Waals surface area contributed by atoms with E-state index in [0.717, 1.165) is 0 Å². The molecule has 1 heterocycles. The average molecular weight is 188 g/mol. The predicted octanol–water partition coefficient (Wildman–Crippen LogP) is 0.866. The lowest BCUT2D eigenvalue weighted by Crippen LogP contribution is -1.87. The summed E-state index contributed by atoms with van der Waals surface area (Å²) in [6.45, 7) is 0. The van der Waals surface area contributed by atoms with Crippen LogP contribution in [0.15, 0.2) is 42.0 Å². The number of phenols is 1. The third kappa shape index (κ3) is 1.77. The molecular formula is C9H8N4O. The summed E-state index contributed by atoms with van der Waals surface area (Å²) in [6, 6.07) is 6.95. The summed E-state index contributed by atoms with van der Waals surface area (Å²) in [5.41, 5.74) is 0.654. The van der Waals surface area contributed by atoms with Crippen molar-refractivity contribution in [1.29, 1.82) is 0 Å². The lowest BCUT2D eigenvalue weighted by atomic mass is 10.2. The van der Waals surface area contributed by atoms with E-state index in [1.807, 2.05) is 6.07 Å². The number of aromatic nitrogens is 3. The van der Waals surface area contributed by atoms with Gasteiger partial charge in [0.25, 0.3) is 0 Å². The molecule has 0 aliphatic carbocycles. The Bertz CT molecular complexity index is 436. The van der Waals surface area contributed by atoms with Crippen LogP contribution >= 0.6 is 0 Å². The van der Waals surface area contributed by atoms with Gasteiger partial charge in [0, 0.05) is 5.56 Å². The zero-order valence-corrected chi connectivity index (χ0v) is 7.28. The van der Waals surface area contributed by atoms with E-state index >= 15 is 0 Å². The molecule has 0 atom stereocenters. The number of para-hydroxylation sites is 1. The fourth-order valence-corrected chi connectivity index (χ4v) is 0.980. The standard InChI is InChI=1S/C9H8N4O/c14-9-4-2-1-3-8(9)5-12-13-6-10-11-7-13/h1-7,14H/b12-5-. The highest BCUT2D eigenvalue weighted by Gasteiger charge is 1.94. The molecule has 1 N–H and O–H groups in total. The zero-order valence-electron chi connectivity index (χ0n) is 7.28. The Morgan fingerprint density at radius 1 is 1.21 bits per heavy atom. The van der Waals surface area contributed by atoms with Gasteiger partial charge >= 0.3 is 0 Å². The Kier molecular flexibility index (Phi) is 2.22. The van der Waals surface area contributed by atoms with Gasteiger partial charge in [0.2, 0.25) is 0 Å². The van der Waals surface area contributed by atoms with E-state index in [9.17, 15) is 5.11 Å². The molecule has 1 aromatic heterocycles. The number of nitrogens with zero attached hydrogens (tertiary/aromatic N) is 4. The van der Waals surface area contributed by atoms with Crippen molar-refractivity contribution in [2.45, 2.75) is 0 Å². The Hall–Kier alpha value is -2.17. The van der Waals surface area contributed by atoms with Crippen LogP contribution in [0.25, 0.3) is 0 Å². The number of rotatable bonds is 2. The molecule has 0 fully saturated rings. The molecule has 0 aliphatic rings. The van der Waals surface area contributed by atoms with Crippen molar-refractivity contribution >= 4 is 6.21 Å². The first kappa shape index (κ1) is 8.43. The normalized spacial score (nSPS) is 10.9. The average Bonchev–Trinajstić information content (AvgIpc) is 2.69. The minimum Gasteiger partial charge on any atom is -0.507 e. The van der Waals surface area contributed by atoms with Crippen LogP contribution in [0, 0.1) is 0 Å². The quantitative estimate of drug-likeness (QED) is 0.711. The van der Waals surface area contributed by atoms with E-state index in [0.29, 0.717) is 5.56 Å². The maximum atomic E-state index is 9.41. The van der Waals surface area contributed by atoms with Gasteiger partial charge in [0.15, 0.2) is 0 Å². The van der Waals surface area contributed by atoms with Gasteiger partial charge in [-0.25, -0.2) is 4.68 Å². The molecule has 0 bridgehead atoms. The van der Waals surface area contributed by atoms with Crippen molar-refractivity contribution < 1.29 is 5.11 Å². The highest BCUT2D eigenvalue weighted by Crippen LogP contribution is 2.12. The molecule has 1 aromatic carbocycles. The van der Waals surface area contributed by atoms with Gasteiger partial charge in [-0.2, -0.15) is 5.10 Å². The van der Waals surface area contributed by atoms with Crippen molar-refractivity contribution in [3.05, 3.63) is 42.5 Å². The largest absolute Gasteiger partial charge is 0.507 e. The highest BCUT2D eigenvalue weighted by atomic mass is 16.3. The van der Waals surface area contributed by atoms with Crippen molar-refractivity contribution in [3.63, 3.8) is 0 Å². The third-order valence-electron chi connectivity index (χ3n) is 1.67. The minimum atomic E-state index is 0.198. The summed E-state index contributed by atoms with van der Waals surface area (Å²) in [6.07, 6.45) is 4.48. The van der Waals surface area contributed by atoms with Crippen LogP contribution in [0.1, 0.15) is 5.56 Å². The zero-order chi connectivity index (χ0) is 9.80. The molecule has 0 radical (unpaired) electrons. The summed E-state index contributed by atoms with van der Waals surface area (Å²) in [4.78, 5) is 0. The molecular weight excluding hydrogens is 180 g/mol. The second-order valence-corrected chi connectivity index (χ2v) is 2.65. The SMILES string of the molecule is Oc1ccccc1/C=N\n1cnnc1. The Balaban J connectivity index is 2.23. The lowest BCUT2D eigenvalue weighted by Gasteiger charge is -1.95. The lowest BCUT2D eigenvalue weighted by molar-refractivity contribution is 0.474. The number of benzene rings is 1. The molecule has 0 amide bonds. The summed E-state index contributed by atoms with van der Waals surface area (Å²) in [7, 11) is 0. The van der Waals surface area contributed by atoms with Crippen LogP contribution in [0.2, 0.25) is 0 Å². The maximum Gasteiger partial charge on any atom is 0.141 e. The first-order valence-corrected chi connectivity index (χ1v) is 4.03. The number of aromatic hydroxyl groups is 1. The monoisotopic (exact) mass is 188 g/mol. The number of hydrogen-bond acceptors (Lipinski definition) is 4. The van der Waals surface area contributed by atoms with Crippen molar-refractivity contribution in [2.24, 2.45) is 5.10 Å². The molecule has 0 saturated heterocycles. The van der Waals surface area contributed by atoms with Crippen LogP contribution in [-0.4, -0.2) is 26.2 Å². The van der Waals surface area contributed by atoms with E-state index in [-0.39, 0.29) is 5.75 Å². The predicted molar refractivity (Wildman–Crippen MR) is 51.1 cm³/mol. The molecule has 5 nitrogen and oxygen atoms in total. The summed E-state index contributed by atoms with van der Waals surface area (Å²) in [5.74, 6) is 0.198. The van der Waals surface area contributed by atoms with Crippen LogP contribution in [0.4, 0.5) is 0 Å². The Morgan fingerprint density at radius 2 is 1.93 bits per heavy atom. The molecule has 0 unspecified atom stereocenters. The Morgan fingerprint density at radius 3 is 2.64 bits per heavy atom. The van der Waals surface area contributed by atoms with Gasteiger partial charge in [0.1, 0.15) is 18.4 Å². The molecule has 0 spiro atoms. The van der Waals surface area contributed by atoms with Gasteiger partial charge in [-0.1, -0.05) is 12.1 Å². The van der Waals surface area contributed by atoms with Crippen molar-refractivity contribution in [1.82, 2.24) is 14.9 Å². The summed E-state index contributed by atoms with van der Waals surface area (Å²) < 4.78 is 1.45. The summed E-state index contributed by atoms with van der Waals surface area (Å²) in [5, 5.41) is 20.6. The van der Waals surface area contributed by atoms with Gasteiger partial charge < -0.3 is 5.11 Å². The first-order chi connectivity index (χ1) is 6.86. The highest BCUT2D eigenvalue weighted by molar-refractivity contribution is 5.83. The second-order valence-electron chi connectivity index (χ2n) is 2.65. The molecule has 0 saturated carbocycles. The van der Waals surface area contributed by atoms with Crippen LogP contribution in [-0.2, 0) is 0 Å². The smallest absolute Gasteiger partial charge is 0.141 e. The van der Waals surface area contributed by atoms with Crippen molar-refractivity contribution in [2.75, 3.05) is 0 Å². The minimum absolute atomic E-state index is 0.198. The molecule has 2 aromatic rings. The summed E-state index contributed by atoms with van der Waals surface area (Å²) >= 11 is 0. The molecule has 0 aliphatic heterocycles. The van der Waals surface area contributed by atoms with E-state index in [4.69, 9.17) is 0 Å². The fraction of sp³-hybridized carbons (Fsp3) is 0. The number of phenolic OH excluding ortho intramolecular Hbond substituents is 1. The van der Waals surface area contributed by atoms with Crippen LogP contribution in [0.5, 0.6) is 5.75 Å². The van der Waals surface area contributed by atoms with E-state index in [1.165, 1.54) is 17.3 Å².